The van der Waals surface area contributed by atoms with Gasteiger partial charge in [-0.05, 0) is 69.9 Å². The SMILES string of the molecule is C#Cc1ccc(C(C(=O)Nc2c(C)cccc2C)N(CCCCCC)C(=O)C(CO)NC(=O)OC(C)(C)C)cc1. The van der Waals surface area contributed by atoms with E-state index in [-0.39, 0.29) is 6.54 Å². The molecule has 0 aromatic heterocycles. The molecule has 8 heteroatoms. The van der Waals surface area contributed by atoms with Crippen LogP contribution in [0.4, 0.5) is 10.5 Å². The van der Waals surface area contributed by atoms with Crippen molar-refractivity contribution >= 4 is 23.6 Å². The molecule has 40 heavy (non-hydrogen) atoms. The topological polar surface area (TPSA) is 108 Å². The van der Waals surface area contributed by atoms with Gasteiger partial charge in [-0.1, -0.05) is 62.4 Å². The number of anilines is 1. The van der Waals surface area contributed by atoms with Crippen molar-refractivity contribution in [2.45, 2.75) is 84.9 Å². The van der Waals surface area contributed by atoms with Gasteiger partial charge in [0.25, 0.3) is 5.91 Å². The highest BCUT2D eigenvalue weighted by molar-refractivity contribution is 6.00. The molecule has 2 unspecified atom stereocenters. The predicted molar refractivity (Wildman–Crippen MR) is 158 cm³/mol. The molecule has 3 N–H and O–H groups in total. The fourth-order valence-electron chi connectivity index (χ4n) is 4.35. The first-order chi connectivity index (χ1) is 18.9. The normalized spacial score (nSPS) is 12.6. The van der Waals surface area contributed by atoms with Crippen LogP contribution in [0.1, 0.15) is 81.7 Å². The van der Waals surface area contributed by atoms with E-state index in [4.69, 9.17) is 11.2 Å². The average molecular weight is 550 g/mol. The quantitative estimate of drug-likeness (QED) is 0.247. The minimum Gasteiger partial charge on any atom is -0.444 e. The van der Waals surface area contributed by atoms with Crippen LogP contribution in [0.2, 0.25) is 0 Å². The minimum atomic E-state index is -1.30. The second-order valence-corrected chi connectivity index (χ2v) is 10.9. The Morgan fingerprint density at radius 1 is 1.02 bits per heavy atom. The average Bonchev–Trinajstić information content (AvgIpc) is 2.90. The van der Waals surface area contributed by atoms with Crippen molar-refractivity contribution in [3.05, 3.63) is 64.7 Å². The summed E-state index contributed by atoms with van der Waals surface area (Å²) in [5.74, 6) is 1.57. The number of rotatable bonds is 12. The number of alkyl carbamates (subject to hydrolysis) is 1. The van der Waals surface area contributed by atoms with E-state index in [2.05, 4.69) is 23.5 Å². The lowest BCUT2D eigenvalue weighted by Crippen LogP contribution is -2.54. The zero-order valence-electron chi connectivity index (χ0n) is 24.5. The van der Waals surface area contributed by atoms with Crippen molar-refractivity contribution in [3.63, 3.8) is 0 Å². The van der Waals surface area contributed by atoms with Gasteiger partial charge < -0.3 is 25.4 Å². The van der Waals surface area contributed by atoms with Crippen molar-refractivity contribution in [2.75, 3.05) is 18.5 Å². The van der Waals surface area contributed by atoms with Gasteiger partial charge in [-0.3, -0.25) is 9.59 Å². The van der Waals surface area contributed by atoms with E-state index in [1.165, 1.54) is 4.90 Å². The van der Waals surface area contributed by atoms with Gasteiger partial charge in [0.1, 0.15) is 17.7 Å². The number of ether oxygens (including phenoxy) is 1. The number of carbonyl (C=O) groups excluding carboxylic acids is 3. The molecule has 0 radical (unpaired) electrons. The smallest absolute Gasteiger partial charge is 0.408 e. The molecule has 2 aromatic carbocycles. The molecule has 0 aliphatic rings. The Balaban J connectivity index is 2.54. The van der Waals surface area contributed by atoms with Crippen LogP contribution < -0.4 is 10.6 Å². The van der Waals surface area contributed by atoms with Crippen molar-refractivity contribution in [1.29, 1.82) is 0 Å². The number of carbonyl (C=O) groups is 3. The lowest BCUT2D eigenvalue weighted by molar-refractivity contribution is -0.141. The van der Waals surface area contributed by atoms with Gasteiger partial charge in [0.2, 0.25) is 5.91 Å². The van der Waals surface area contributed by atoms with Crippen LogP contribution in [0.5, 0.6) is 0 Å². The number of terminal acetylenes is 1. The van der Waals surface area contributed by atoms with Crippen molar-refractivity contribution in [3.8, 4) is 12.3 Å². The molecule has 0 saturated carbocycles. The lowest BCUT2D eigenvalue weighted by atomic mass is 10.00. The standard InChI is InChI=1S/C32H43N3O5/c1-8-10-11-12-20-35(30(38)26(21-36)33-31(39)40-32(5,6)7)28(25-18-16-24(9-2)17-19-25)29(37)34-27-22(3)14-13-15-23(27)4/h2,13-19,26,28,36H,8,10-12,20-21H2,1,3-7H3,(H,33,39)(H,34,37). The number of aryl methyl sites for hydroxylation is 2. The van der Waals surface area contributed by atoms with Crippen LogP contribution in [0, 0.1) is 26.2 Å². The summed E-state index contributed by atoms with van der Waals surface area (Å²) in [6.07, 6.45) is 8.17. The largest absolute Gasteiger partial charge is 0.444 e. The number of nitrogens with zero attached hydrogens (tertiary/aromatic N) is 1. The Hall–Kier alpha value is -3.83. The van der Waals surface area contributed by atoms with Gasteiger partial charge >= 0.3 is 6.09 Å². The summed E-state index contributed by atoms with van der Waals surface area (Å²) in [4.78, 5) is 41.9. The second kappa shape index (κ2) is 15.1. The molecule has 0 heterocycles. The summed E-state index contributed by atoms with van der Waals surface area (Å²) in [6, 6.07) is 10.3. The predicted octanol–water partition coefficient (Wildman–Crippen LogP) is 5.26. The molecule has 0 fully saturated rings. The van der Waals surface area contributed by atoms with Gasteiger partial charge in [0.15, 0.2) is 0 Å². The molecule has 2 atom stereocenters. The molecular weight excluding hydrogens is 506 g/mol. The van der Waals surface area contributed by atoms with E-state index in [0.29, 0.717) is 23.2 Å². The number of para-hydroxylation sites is 1. The Labute approximate surface area is 238 Å². The summed E-state index contributed by atoms with van der Waals surface area (Å²) < 4.78 is 5.31. The molecule has 8 nitrogen and oxygen atoms in total. The highest BCUT2D eigenvalue weighted by Gasteiger charge is 2.36. The Morgan fingerprint density at radius 2 is 1.65 bits per heavy atom. The van der Waals surface area contributed by atoms with Crippen LogP contribution in [-0.2, 0) is 14.3 Å². The molecule has 3 amide bonds. The molecule has 216 valence electrons. The van der Waals surface area contributed by atoms with E-state index in [9.17, 15) is 19.5 Å². The fraction of sp³-hybridized carbons (Fsp3) is 0.469. The van der Waals surface area contributed by atoms with E-state index in [0.717, 1.165) is 30.4 Å². The molecule has 0 bridgehead atoms. The minimum absolute atomic E-state index is 0.243. The van der Waals surface area contributed by atoms with Crippen LogP contribution in [-0.4, -0.2) is 52.7 Å². The maximum Gasteiger partial charge on any atom is 0.408 e. The number of nitrogens with one attached hydrogen (secondary N) is 2. The highest BCUT2D eigenvalue weighted by atomic mass is 16.6. The summed E-state index contributed by atoms with van der Waals surface area (Å²) in [6.45, 7) is 10.6. The van der Waals surface area contributed by atoms with Gasteiger partial charge in [0.05, 0.1) is 6.61 Å². The molecule has 0 spiro atoms. The maximum absolute atomic E-state index is 14.0. The first-order valence-corrected chi connectivity index (χ1v) is 13.8. The lowest BCUT2D eigenvalue weighted by Gasteiger charge is -2.34. The summed E-state index contributed by atoms with van der Waals surface area (Å²) in [7, 11) is 0. The third kappa shape index (κ3) is 9.42. The van der Waals surface area contributed by atoms with Crippen molar-refractivity contribution in [1.82, 2.24) is 10.2 Å². The zero-order valence-corrected chi connectivity index (χ0v) is 24.5. The summed E-state index contributed by atoms with van der Waals surface area (Å²) >= 11 is 0. The Bertz CT molecular complexity index is 1170. The van der Waals surface area contributed by atoms with Gasteiger partial charge in [0, 0.05) is 17.8 Å². The fourth-order valence-corrected chi connectivity index (χ4v) is 4.35. The number of amides is 3. The zero-order chi connectivity index (χ0) is 29.9. The van der Waals surface area contributed by atoms with Crippen LogP contribution in [0.25, 0.3) is 0 Å². The number of unbranched alkanes of at least 4 members (excludes halogenated alkanes) is 3. The third-order valence-electron chi connectivity index (χ3n) is 6.39. The first kappa shape index (κ1) is 32.4. The van der Waals surface area contributed by atoms with E-state index < -0.39 is 42.2 Å². The maximum atomic E-state index is 14.0. The molecule has 2 rings (SSSR count). The van der Waals surface area contributed by atoms with E-state index in [1.807, 2.05) is 32.0 Å². The van der Waals surface area contributed by atoms with Crippen molar-refractivity contribution in [2.24, 2.45) is 0 Å². The van der Waals surface area contributed by atoms with Gasteiger partial charge in [-0.2, -0.15) is 0 Å². The van der Waals surface area contributed by atoms with E-state index in [1.54, 1.807) is 45.0 Å². The first-order valence-electron chi connectivity index (χ1n) is 13.8. The number of hydrogen-bond acceptors (Lipinski definition) is 5. The van der Waals surface area contributed by atoms with E-state index >= 15 is 0 Å². The number of aliphatic hydroxyl groups excluding tert-OH is 1. The number of aliphatic hydroxyl groups is 1. The second-order valence-electron chi connectivity index (χ2n) is 10.9. The van der Waals surface area contributed by atoms with Gasteiger partial charge in [-0.25, -0.2) is 4.79 Å². The van der Waals surface area contributed by atoms with Crippen LogP contribution >= 0.6 is 0 Å². The Morgan fingerprint density at radius 3 is 2.17 bits per heavy atom. The highest BCUT2D eigenvalue weighted by Crippen LogP contribution is 2.28. The Kier molecular flexibility index (Phi) is 12.2. The summed E-state index contributed by atoms with van der Waals surface area (Å²) in [5, 5.41) is 15.6. The third-order valence-corrected chi connectivity index (χ3v) is 6.39. The number of benzene rings is 2. The van der Waals surface area contributed by atoms with Crippen LogP contribution in [0.3, 0.4) is 0 Å². The molecule has 2 aromatic rings. The van der Waals surface area contributed by atoms with Gasteiger partial charge in [-0.15, -0.1) is 6.42 Å². The molecule has 0 aliphatic heterocycles. The summed E-state index contributed by atoms with van der Waals surface area (Å²) in [5.41, 5.74) is 2.84. The monoisotopic (exact) mass is 549 g/mol. The van der Waals surface area contributed by atoms with Crippen molar-refractivity contribution < 1.29 is 24.2 Å². The van der Waals surface area contributed by atoms with Crippen LogP contribution in [0.15, 0.2) is 42.5 Å². The number of hydrogen-bond donors (Lipinski definition) is 3. The molecule has 0 saturated heterocycles. The molecular formula is C32H43N3O5. The molecule has 0 aliphatic carbocycles.